The summed E-state index contributed by atoms with van der Waals surface area (Å²) in [6, 6.07) is 0.294. The zero-order valence-corrected chi connectivity index (χ0v) is 13.5. The zero-order chi connectivity index (χ0) is 14.4. The summed E-state index contributed by atoms with van der Waals surface area (Å²) >= 11 is 1.77. The van der Waals surface area contributed by atoms with Gasteiger partial charge in [-0.25, -0.2) is 4.98 Å². The molecule has 114 valence electrons. The Kier molecular flexibility index (Phi) is 6.42. The van der Waals surface area contributed by atoms with Gasteiger partial charge in [0.05, 0.1) is 24.9 Å². The van der Waals surface area contributed by atoms with Crippen molar-refractivity contribution in [3.05, 3.63) is 16.1 Å². The van der Waals surface area contributed by atoms with Gasteiger partial charge in [0.25, 0.3) is 0 Å². The van der Waals surface area contributed by atoms with E-state index in [0.29, 0.717) is 17.9 Å². The zero-order valence-electron chi connectivity index (χ0n) is 12.7. The van der Waals surface area contributed by atoms with Crippen LogP contribution in [0.3, 0.4) is 0 Å². The Morgan fingerprint density at radius 1 is 1.55 bits per heavy atom. The standard InChI is InChI=1S/C15H26N2O2S/c1-11(2)13-10-20-15(17-13)14(16-6-8-18-3)12-5-4-7-19-9-12/h10-12,14,16H,4-9H2,1-3H3. The summed E-state index contributed by atoms with van der Waals surface area (Å²) in [5.41, 5.74) is 1.19. The number of hydrogen-bond acceptors (Lipinski definition) is 5. The maximum absolute atomic E-state index is 5.65. The molecule has 2 rings (SSSR count). The van der Waals surface area contributed by atoms with Gasteiger partial charge in [-0.3, -0.25) is 0 Å². The van der Waals surface area contributed by atoms with Crippen molar-refractivity contribution in [2.75, 3.05) is 33.5 Å². The second-order valence-corrected chi connectivity index (χ2v) is 6.56. The van der Waals surface area contributed by atoms with Crippen molar-refractivity contribution in [2.24, 2.45) is 5.92 Å². The molecule has 2 heterocycles. The van der Waals surface area contributed by atoms with E-state index < -0.39 is 0 Å². The SMILES string of the molecule is COCCNC(c1nc(C(C)C)cs1)C1CCCOC1. The third-order valence-corrected chi connectivity index (χ3v) is 4.68. The van der Waals surface area contributed by atoms with E-state index in [1.165, 1.54) is 17.1 Å². The Labute approximate surface area is 125 Å². The van der Waals surface area contributed by atoms with E-state index >= 15 is 0 Å². The minimum Gasteiger partial charge on any atom is -0.383 e. The molecule has 2 unspecified atom stereocenters. The van der Waals surface area contributed by atoms with E-state index in [2.05, 4.69) is 24.5 Å². The van der Waals surface area contributed by atoms with Crippen LogP contribution in [0.25, 0.3) is 0 Å². The van der Waals surface area contributed by atoms with Crippen molar-refractivity contribution in [1.82, 2.24) is 10.3 Å². The highest BCUT2D eigenvalue weighted by molar-refractivity contribution is 7.09. The smallest absolute Gasteiger partial charge is 0.110 e. The van der Waals surface area contributed by atoms with Gasteiger partial charge in [-0.05, 0) is 18.8 Å². The lowest BCUT2D eigenvalue weighted by atomic mass is 9.94. The summed E-state index contributed by atoms with van der Waals surface area (Å²) in [5.74, 6) is 1.01. The molecule has 0 amide bonds. The van der Waals surface area contributed by atoms with Gasteiger partial charge < -0.3 is 14.8 Å². The van der Waals surface area contributed by atoms with E-state index in [1.807, 2.05) is 0 Å². The quantitative estimate of drug-likeness (QED) is 0.786. The van der Waals surface area contributed by atoms with Crippen LogP contribution in [0.5, 0.6) is 0 Å². The lowest BCUT2D eigenvalue weighted by molar-refractivity contribution is 0.0377. The fraction of sp³-hybridized carbons (Fsp3) is 0.800. The number of ether oxygens (including phenoxy) is 2. The third kappa shape index (κ3) is 4.25. The molecule has 1 aromatic rings. The van der Waals surface area contributed by atoms with E-state index in [1.54, 1.807) is 18.4 Å². The van der Waals surface area contributed by atoms with Crippen LogP contribution in [0.2, 0.25) is 0 Å². The summed E-state index contributed by atoms with van der Waals surface area (Å²) in [6.07, 6.45) is 2.36. The number of hydrogen-bond donors (Lipinski definition) is 1. The molecule has 1 saturated heterocycles. The average Bonchev–Trinajstić information content (AvgIpc) is 2.94. The Morgan fingerprint density at radius 3 is 3.00 bits per heavy atom. The molecular formula is C15H26N2O2S. The predicted molar refractivity (Wildman–Crippen MR) is 82.4 cm³/mol. The first-order chi connectivity index (χ1) is 9.72. The van der Waals surface area contributed by atoms with Crippen LogP contribution in [0.1, 0.15) is 49.4 Å². The largest absolute Gasteiger partial charge is 0.383 e. The maximum atomic E-state index is 5.65. The molecular weight excluding hydrogens is 272 g/mol. The van der Waals surface area contributed by atoms with Crippen molar-refractivity contribution in [2.45, 2.75) is 38.6 Å². The van der Waals surface area contributed by atoms with Crippen LogP contribution in [0.4, 0.5) is 0 Å². The van der Waals surface area contributed by atoms with Crippen molar-refractivity contribution in [1.29, 1.82) is 0 Å². The number of methoxy groups -OCH3 is 1. The first kappa shape index (κ1) is 15.9. The lowest BCUT2D eigenvalue weighted by Gasteiger charge is -2.29. The second-order valence-electron chi connectivity index (χ2n) is 5.67. The summed E-state index contributed by atoms with van der Waals surface area (Å²) in [4.78, 5) is 4.82. The third-order valence-electron chi connectivity index (χ3n) is 3.73. The highest BCUT2D eigenvalue weighted by Gasteiger charge is 2.27. The van der Waals surface area contributed by atoms with Crippen molar-refractivity contribution >= 4 is 11.3 Å². The Balaban J connectivity index is 2.06. The number of rotatable bonds is 7. The minimum absolute atomic E-state index is 0.294. The Morgan fingerprint density at radius 2 is 2.40 bits per heavy atom. The lowest BCUT2D eigenvalue weighted by Crippen LogP contribution is -2.35. The second kappa shape index (κ2) is 8.08. The van der Waals surface area contributed by atoms with Gasteiger partial charge in [0.2, 0.25) is 0 Å². The molecule has 1 fully saturated rings. The molecule has 0 bridgehead atoms. The molecule has 5 heteroatoms. The van der Waals surface area contributed by atoms with Crippen LogP contribution < -0.4 is 5.32 Å². The number of thiazole rings is 1. The molecule has 0 aromatic carbocycles. The summed E-state index contributed by atoms with van der Waals surface area (Å²) in [7, 11) is 1.74. The normalized spacial score (nSPS) is 21.3. The molecule has 1 N–H and O–H groups in total. The monoisotopic (exact) mass is 298 g/mol. The average molecular weight is 298 g/mol. The molecule has 4 nitrogen and oxygen atoms in total. The highest BCUT2D eigenvalue weighted by atomic mass is 32.1. The van der Waals surface area contributed by atoms with Crippen molar-refractivity contribution < 1.29 is 9.47 Å². The van der Waals surface area contributed by atoms with Gasteiger partial charge >= 0.3 is 0 Å². The van der Waals surface area contributed by atoms with Crippen molar-refractivity contribution in [3.8, 4) is 0 Å². The Hall–Kier alpha value is -0.490. The molecule has 1 aromatic heterocycles. The van der Waals surface area contributed by atoms with E-state index in [4.69, 9.17) is 14.5 Å². The fourth-order valence-electron chi connectivity index (χ4n) is 2.51. The Bertz CT molecular complexity index is 389. The van der Waals surface area contributed by atoms with Gasteiger partial charge in [0.15, 0.2) is 0 Å². The van der Waals surface area contributed by atoms with Crippen LogP contribution in [0, 0.1) is 5.92 Å². The molecule has 0 aliphatic carbocycles. The van der Waals surface area contributed by atoms with Crippen LogP contribution >= 0.6 is 11.3 Å². The topological polar surface area (TPSA) is 43.4 Å². The summed E-state index contributed by atoms with van der Waals surface area (Å²) in [5, 5.41) is 6.99. The van der Waals surface area contributed by atoms with Gasteiger partial charge in [0, 0.05) is 31.6 Å². The molecule has 2 atom stereocenters. The molecule has 1 aliphatic rings. The van der Waals surface area contributed by atoms with Crippen molar-refractivity contribution in [3.63, 3.8) is 0 Å². The summed E-state index contributed by atoms with van der Waals surface area (Å²) in [6.45, 7) is 7.70. The van der Waals surface area contributed by atoms with Gasteiger partial charge in [-0.1, -0.05) is 13.8 Å². The van der Waals surface area contributed by atoms with Crippen LogP contribution in [-0.4, -0.2) is 38.5 Å². The minimum atomic E-state index is 0.294. The van der Waals surface area contributed by atoms with Gasteiger partial charge in [0.1, 0.15) is 5.01 Å². The number of nitrogens with one attached hydrogen (secondary N) is 1. The first-order valence-corrected chi connectivity index (χ1v) is 8.35. The fourth-order valence-corrected chi connectivity index (χ4v) is 3.66. The van der Waals surface area contributed by atoms with Gasteiger partial charge in [-0.15, -0.1) is 11.3 Å². The number of aromatic nitrogens is 1. The van der Waals surface area contributed by atoms with Crippen LogP contribution in [-0.2, 0) is 9.47 Å². The molecule has 1 aliphatic heterocycles. The van der Waals surface area contributed by atoms with Gasteiger partial charge in [-0.2, -0.15) is 0 Å². The molecule has 20 heavy (non-hydrogen) atoms. The molecule has 0 spiro atoms. The first-order valence-electron chi connectivity index (χ1n) is 7.47. The highest BCUT2D eigenvalue weighted by Crippen LogP contribution is 2.31. The van der Waals surface area contributed by atoms with E-state index in [0.717, 1.165) is 32.8 Å². The van der Waals surface area contributed by atoms with E-state index in [9.17, 15) is 0 Å². The predicted octanol–water partition coefficient (Wildman–Crippen LogP) is 2.97. The molecule has 0 radical (unpaired) electrons. The number of nitrogens with zero attached hydrogens (tertiary/aromatic N) is 1. The maximum Gasteiger partial charge on any atom is 0.110 e. The molecule has 0 saturated carbocycles. The van der Waals surface area contributed by atoms with E-state index in [-0.39, 0.29) is 0 Å². The summed E-state index contributed by atoms with van der Waals surface area (Å²) < 4.78 is 10.8. The van der Waals surface area contributed by atoms with Crippen LogP contribution in [0.15, 0.2) is 5.38 Å².